The molecule has 0 radical (unpaired) electrons. The van der Waals surface area contributed by atoms with Crippen molar-refractivity contribution in [3.05, 3.63) is 96.3 Å². The molecular weight excluding hydrogens is 542 g/mol. The summed E-state index contributed by atoms with van der Waals surface area (Å²) in [4.78, 5) is 22.9. The molecule has 0 spiro atoms. The van der Waals surface area contributed by atoms with Gasteiger partial charge in [-0.2, -0.15) is 10.2 Å². The minimum absolute atomic E-state index is 0.0782. The van der Waals surface area contributed by atoms with Gasteiger partial charge in [-0.3, -0.25) is 19.6 Å². The SMILES string of the molecule is O=C(Nc1nn(Cc2ccc(Cl)cc2Cl)cc1Cl)c1ccn(COc2ccc([N+](=O)[O-])cc2Cl)n1. The maximum Gasteiger partial charge on any atom is 0.277 e. The molecule has 0 aliphatic carbocycles. The van der Waals surface area contributed by atoms with Gasteiger partial charge in [0.05, 0.1) is 16.5 Å². The van der Waals surface area contributed by atoms with E-state index in [4.69, 9.17) is 51.1 Å². The molecular formula is C21H14Cl4N6O4. The molecule has 0 fully saturated rings. The van der Waals surface area contributed by atoms with Crippen molar-refractivity contribution < 1.29 is 14.5 Å². The molecule has 0 bridgehead atoms. The van der Waals surface area contributed by atoms with Crippen LogP contribution in [0.2, 0.25) is 20.1 Å². The summed E-state index contributed by atoms with van der Waals surface area (Å²) in [7, 11) is 0. The molecule has 35 heavy (non-hydrogen) atoms. The molecule has 0 saturated heterocycles. The standard InChI is InChI=1S/C21H14Cl4N6O4/c22-13-2-1-12(15(23)7-13)9-30-10-17(25)20(28-30)26-21(32)18-5-6-29(27-18)11-35-19-4-3-14(31(33)34)8-16(19)24/h1-8,10H,9,11H2,(H,26,28,32). The lowest BCUT2D eigenvalue weighted by molar-refractivity contribution is -0.384. The lowest BCUT2D eigenvalue weighted by Crippen LogP contribution is -2.15. The smallest absolute Gasteiger partial charge is 0.277 e. The molecule has 0 unspecified atom stereocenters. The number of anilines is 1. The molecule has 1 N–H and O–H groups in total. The van der Waals surface area contributed by atoms with Crippen molar-refractivity contribution in [1.82, 2.24) is 19.6 Å². The monoisotopic (exact) mass is 554 g/mol. The van der Waals surface area contributed by atoms with Crippen molar-refractivity contribution >= 4 is 63.8 Å². The first kappa shape index (κ1) is 24.8. The van der Waals surface area contributed by atoms with Gasteiger partial charge in [0.2, 0.25) is 0 Å². The van der Waals surface area contributed by atoms with Gasteiger partial charge in [-0.1, -0.05) is 52.5 Å². The van der Waals surface area contributed by atoms with Gasteiger partial charge in [0.25, 0.3) is 11.6 Å². The number of hydrogen-bond donors (Lipinski definition) is 1. The first-order valence-electron chi connectivity index (χ1n) is 9.78. The number of halogens is 4. The predicted molar refractivity (Wildman–Crippen MR) is 132 cm³/mol. The van der Waals surface area contributed by atoms with Gasteiger partial charge in [-0.05, 0) is 29.8 Å². The van der Waals surface area contributed by atoms with Crippen LogP contribution < -0.4 is 10.1 Å². The zero-order valence-electron chi connectivity index (χ0n) is 17.5. The van der Waals surface area contributed by atoms with Crippen LogP contribution in [0.25, 0.3) is 0 Å². The van der Waals surface area contributed by atoms with Gasteiger partial charge in [0.1, 0.15) is 10.8 Å². The van der Waals surface area contributed by atoms with Crippen LogP contribution in [0.1, 0.15) is 16.1 Å². The Morgan fingerprint density at radius 2 is 1.80 bits per heavy atom. The number of nitro groups is 1. The van der Waals surface area contributed by atoms with Crippen molar-refractivity contribution in [3.63, 3.8) is 0 Å². The average Bonchev–Trinajstić information content (AvgIpc) is 3.41. The van der Waals surface area contributed by atoms with E-state index in [1.54, 1.807) is 24.4 Å². The molecule has 14 heteroatoms. The molecule has 10 nitrogen and oxygen atoms in total. The lowest BCUT2D eigenvalue weighted by atomic mass is 10.2. The molecule has 2 aromatic heterocycles. The lowest BCUT2D eigenvalue weighted by Gasteiger charge is -2.07. The molecule has 0 atom stereocenters. The fourth-order valence-corrected chi connectivity index (χ4v) is 3.86. The van der Waals surface area contributed by atoms with E-state index in [0.717, 1.165) is 5.56 Å². The van der Waals surface area contributed by atoms with E-state index < -0.39 is 10.8 Å². The Labute approximate surface area is 218 Å². The molecule has 4 aromatic rings. The Hall–Kier alpha value is -3.31. The third-order valence-corrected chi connectivity index (χ3v) is 5.81. The zero-order chi connectivity index (χ0) is 25.1. The maximum atomic E-state index is 12.6. The second kappa shape index (κ2) is 10.5. The number of rotatable bonds is 8. The minimum atomic E-state index is -0.559. The molecule has 2 heterocycles. The Morgan fingerprint density at radius 1 is 1.00 bits per heavy atom. The van der Waals surface area contributed by atoms with Crippen LogP contribution in [0.3, 0.4) is 0 Å². The largest absolute Gasteiger partial charge is 0.470 e. The fraction of sp³-hybridized carbons (Fsp3) is 0.0952. The molecule has 0 aliphatic rings. The van der Waals surface area contributed by atoms with E-state index in [0.29, 0.717) is 16.6 Å². The molecule has 2 aromatic carbocycles. The van der Waals surface area contributed by atoms with E-state index in [-0.39, 0.29) is 39.7 Å². The summed E-state index contributed by atoms with van der Waals surface area (Å²) >= 11 is 24.4. The average molecular weight is 556 g/mol. The van der Waals surface area contributed by atoms with Gasteiger partial charge in [-0.15, -0.1) is 0 Å². The van der Waals surface area contributed by atoms with Gasteiger partial charge in [0.15, 0.2) is 18.2 Å². The van der Waals surface area contributed by atoms with Gasteiger partial charge in [0, 0.05) is 34.6 Å². The third kappa shape index (κ3) is 6.04. The van der Waals surface area contributed by atoms with Gasteiger partial charge >= 0.3 is 0 Å². The Morgan fingerprint density at radius 3 is 2.51 bits per heavy atom. The molecule has 180 valence electrons. The Bertz CT molecular complexity index is 1420. The fourth-order valence-electron chi connectivity index (χ4n) is 2.97. The number of non-ortho nitro benzene ring substituents is 1. The van der Waals surface area contributed by atoms with Crippen LogP contribution in [-0.4, -0.2) is 30.4 Å². The number of hydrogen-bond acceptors (Lipinski definition) is 6. The molecule has 1 amide bonds. The number of benzene rings is 2. The minimum Gasteiger partial charge on any atom is -0.470 e. The Balaban J connectivity index is 1.38. The van der Waals surface area contributed by atoms with Crippen LogP contribution in [-0.2, 0) is 13.3 Å². The third-order valence-electron chi connectivity index (χ3n) is 4.65. The van der Waals surface area contributed by atoms with Crippen molar-refractivity contribution in [2.45, 2.75) is 13.3 Å². The first-order valence-corrected chi connectivity index (χ1v) is 11.3. The summed E-state index contributed by atoms with van der Waals surface area (Å²) in [6.45, 7) is 0.241. The first-order chi connectivity index (χ1) is 16.7. The number of nitro benzene ring substituents is 1. The van der Waals surface area contributed by atoms with Crippen molar-refractivity contribution in [1.29, 1.82) is 0 Å². The summed E-state index contributed by atoms with van der Waals surface area (Å²) in [6.07, 6.45) is 3.08. The highest BCUT2D eigenvalue weighted by molar-refractivity contribution is 6.35. The normalized spacial score (nSPS) is 10.9. The van der Waals surface area contributed by atoms with Crippen LogP contribution >= 0.6 is 46.4 Å². The van der Waals surface area contributed by atoms with Crippen LogP contribution in [0.15, 0.2) is 54.9 Å². The number of carbonyl (C=O) groups is 1. The topological polar surface area (TPSA) is 117 Å². The number of nitrogens with zero attached hydrogens (tertiary/aromatic N) is 5. The number of nitrogens with one attached hydrogen (secondary N) is 1. The van der Waals surface area contributed by atoms with Gasteiger partial charge < -0.3 is 10.1 Å². The molecule has 4 rings (SSSR count). The van der Waals surface area contributed by atoms with E-state index in [1.165, 1.54) is 39.8 Å². The van der Waals surface area contributed by atoms with E-state index in [9.17, 15) is 14.9 Å². The summed E-state index contributed by atoms with van der Waals surface area (Å²) in [5.41, 5.74) is 0.715. The highest BCUT2D eigenvalue weighted by Crippen LogP contribution is 2.29. The number of aromatic nitrogens is 4. The summed E-state index contributed by atoms with van der Waals surface area (Å²) < 4.78 is 8.42. The van der Waals surface area contributed by atoms with E-state index >= 15 is 0 Å². The van der Waals surface area contributed by atoms with Crippen molar-refractivity contribution in [3.8, 4) is 5.75 Å². The van der Waals surface area contributed by atoms with Crippen LogP contribution in [0.5, 0.6) is 5.75 Å². The molecule has 0 aliphatic heterocycles. The van der Waals surface area contributed by atoms with Crippen LogP contribution in [0.4, 0.5) is 11.5 Å². The van der Waals surface area contributed by atoms with Crippen molar-refractivity contribution in [2.75, 3.05) is 5.32 Å². The highest BCUT2D eigenvalue weighted by atomic mass is 35.5. The summed E-state index contributed by atoms with van der Waals surface area (Å²) in [5, 5.41) is 23.2. The van der Waals surface area contributed by atoms with Crippen molar-refractivity contribution in [2.24, 2.45) is 0 Å². The van der Waals surface area contributed by atoms with Crippen LogP contribution in [0, 0.1) is 10.1 Å². The number of amides is 1. The number of ether oxygens (including phenoxy) is 1. The molecule has 0 saturated carbocycles. The summed E-state index contributed by atoms with van der Waals surface area (Å²) in [6, 6.07) is 10.4. The second-order valence-corrected chi connectivity index (χ2v) is 8.76. The quantitative estimate of drug-likeness (QED) is 0.212. The second-order valence-electron chi connectivity index (χ2n) is 7.10. The summed E-state index contributed by atoms with van der Waals surface area (Å²) in [5.74, 6) is -0.143. The van der Waals surface area contributed by atoms with Gasteiger partial charge in [-0.25, -0.2) is 4.68 Å². The number of carbonyl (C=O) groups excluding carboxylic acids is 1. The highest BCUT2D eigenvalue weighted by Gasteiger charge is 2.16. The Kier molecular flexibility index (Phi) is 7.46. The zero-order valence-corrected chi connectivity index (χ0v) is 20.5. The maximum absolute atomic E-state index is 12.6. The van der Waals surface area contributed by atoms with E-state index in [2.05, 4.69) is 15.5 Å². The van der Waals surface area contributed by atoms with E-state index in [1.807, 2.05) is 0 Å². The predicted octanol–water partition coefficient (Wildman–Crippen LogP) is 5.94.